The number of phenolic OH excluding ortho intramolecular Hbond substituents is 1. The summed E-state index contributed by atoms with van der Waals surface area (Å²) >= 11 is 0. The number of aromatic hydroxyl groups is 1. The zero-order valence-corrected chi connectivity index (χ0v) is 21.4. The molecule has 5 rings (SSSR count). The maximum Gasteiger partial charge on any atom is 0.255 e. The highest BCUT2D eigenvalue weighted by molar-refractivity contribution is 6.24. The zero-order valence-electron chi connectivity index (χ0n) is 21.4. The molecule has 0 heterocycles. The lowest BCUT2D eigenvalue weighted by Gasteiger charge is -2.50. The fourth-order valence-electron chi connectivity index (χ4n) is 6.43. The number of aliphatic hydroxyl groups is 3. The van der Waals surface area contributed by atoms with Crippen LogP contribution in [0.3, 0.4) is 0 Å². The van der Waals surface area contributed by atoms with Crippen molar-refractivity contribution in [1.29, 1.82) is 0 Å². The van der Waals surface area contributed by atoms with Crippen molar-refractivity contribution in [3.63, 3.8) is 0 Å². The van der Waals surface area contributed by atoms with Gasteiger partial charge in [-0.05, 0) is 67.6 Å². The number of primary amides is 1. The second kappa shape index (κ2) is 8.82. The molecule has 0 unspecified atom stereocenters. The Morgan fingerprint density at radius 3 is 2.32 bits per heavy atom. The molecular formula is C29H30N2O7. The number of rotatable bonds is 4. The number of carbonyl (C=O) groups excluding carboxylic acids is 3. The van der Waals surface area contributed by atoms with Crippen molar-refractivity contribution in [2.75, 3.05) is 14.1 Å². The van der Waals surface area contributed by atoms with E-state index in [1.165, 1.54) is 11.0 Å². The van der Waals surface area contributed by atoms with E-state index < -0.39 is 58.0 Å². The highest BCUT2D eigenvalue weighted by Gasteiger charge is 2.64. The fourth-order valence-corrected chi connectivity index (χ4v) is 6.43. The van der Waals surface area contributed by atoms with Gasteiger partial charge in [-0.15, -0.1) is 0 Å². The number of likely N-dealkylation sites (N-methyl/N-ethyl adjacent to an activating group) is 1. The Hall–Kier alpha value is -3.95. The third-order valence-corrected chi connectivity index (χ3v) is 8.28. The zero-order chi connectivity index (χ0) is 27.7. The summed E-state index contributed by atoms with van der Waals surface area (Å²) in [7, 11) is 3.15. The van der Waals surface area contributed by atoms with Crippen molar-refractivity contribution in [3.8, 4) is 16.9 Å². The number of hydrogen-bond donors (Lipinski definition) is 5. The molecule has 0 spiro atoms. The van der Waals surface area contributed by atoms with Crippen LogP contribution in [-0.4, -0.2) is 68.5 Å². The first-order valence-electron chi connectivity index (χ1n) is 12.5. The minimum Gasteiger partial charge on any atom is -0.508 e. The number of carbonyl (C=O) groups is 3. The van der Waals surface area contributed by atoms with E-state index in [4.69, 9.17) is 5.73 Å². The number of phenols is 1. The predicted octanol–water partition coefficient (Wildman–Crippen LogP) is 2.19. The van der Waals surface area contributed by atoms with Gasteiger partial charge in [0.05, 0.1) is 11.6 Å². The van der Waals surface area contributed by atoms with Crippen LogP contribution in [0.5, 0.6) is 5.75 Å². The summed E-state index contributed by atoms with van der Waals surface area (Å²) in [6.07, 6.45) is 1.17. The Morgan fingerprint density at radius 1 is 1.08 bits per heavy atom. The number of nitrogens with zero attached hydrogens (tertiary/aromatic N) is 1. The van der Waals surface area contributed by atoms with Gasteiger partial charge in [-0.1, -0.05) is 37.3 Å². The van der Waals surface area contributed by atoms with E-state index in [0.717, 1.165) is 23.1 Å². The lowest BCUT2D eigenvalue weighted by Crippen LogP contribution is -2.65. The molecule has 38 heavy (non-hydrogen) atoms. The molecule has 2 aromatic rings. The average Bonchev–Trinajstić information content (AvgIpc) is 2.86. The minimum atomic E-state index is -2.65. The summed E-state index contributed by atoms with van der Waals surface area (Å²) in [5.74, 6) is -6.60. The Labute approximate surface area is 219 Å². The number of nitrogens with two attached hydrogens (primary N) is 1. The molecule has 9 nitrogen and oxygen atoms in total. The van der Waals surface area contributed by atoms with Gasteiger partial charge in [0.25, 0.3) is 5.91 Å². The summed E-state index contributed by atoms with van der Waals surface area (Å²) in [4.78, 5) is 40.7. The number of hydrogen-bond acceptors (Lipinski definition) is 8. The Bertz CT molecular complexity index is 1450. The number of aliphatic hydroxyl groups excluding tert-OH is 2. The van der Waals surface area contributed by atoms with Gasteiger partial charge >= 0.3 is 0 Å². The van der Waals surface area contributed by atoms with Crippen molar-refractivity contribution in [1.82, 2.24) is 4.90 Å². The highest BCUT2D eigenvalue weighted by atomic mass is 16.3. The molecular weight excluding hydrogens is 488 g/mol. The van der Waals surface area contributed by atoms with Crippen LogP contribution in [0.4, 0.5) is 0 Å². The van der Waals surface area contributed by atoms with Crippen molar-refractivity contribution < 1.29 is 34.8 Å². The molecule has 0 aliphatic heterocycles. The topological polar surface area (TPSA) is 161 Å². The first kappa shape index (κ1) is 25.7. The van der Waals surface area contributed by atoms with Crippen LogP contribution in [0.15, 0.2) is 53.3 Å². The van der Waals surface area contributed by atoms with E-state index in [1.54, 1.807) is 20.2 Å². The molecule has 1 saturated carbocycles. The van der Waals surface area contributed by atoms with Crippen molar-refractivity contribution >= 4 is 23.2 Å². The number of benzene rings is 2. The Kier molecular flexibility index (Phi) is 5.96. The molecule has 0 bridgehead atoms. The molecule has 198 valence electrons. The van der Waals surface area contributed by atoms with Gasteiger partial charge in [-0.2, -0.15) is 0 Å². The van der Waals surface area contributed by atoms with Gasteiger partial charge in [0.2, 0.25) is 5.78 Å². The molecule has 9 heteroatoms. The quantitative estimate of drug-likeness (QED) is 0.385. The molecule has 0 aromatic heterocycles. The molecule has 1 fully saturated rings. The van der Waals surface area contributed by atoms with Crippen LogP contribution >= 0.6 is 0 Å². The summed E-state index contributed by atoms with van der Waals surface area (Å²) in [6, 6.07) is 10.0. The number of fused-ring (bicyclic) bond motifs is 3. The van der Waals surface area contributed by atoms with Gasteiger partial charge in [0.1, 0.15) is 22.8 Å². The van der Waals surface area contributed by atoms with Crippen molar-refractivity contribution in [2.24, 2.45) is 17.6 Å². The molecule has 4 atom stereocenters. The second-order valence-electron chi connectivity index (χ2n) is 10.5. The summed E-state index contributed by atoms with van der Waals surface area (Å²) in [5.41, 5.74) is 5.25. The van der Waals surface area contributed by atoms with Crippen LogP contribution in [0.1, 0.15) is 30.0 Å². The van der Waals surface area contributed by atoms with Gasteiger partial charge in [-0.3, -0.25) is 19.3 Å². The maximum atomic E-state index is 13.9. The SMILES string of the molecule is CCc1ccc(-c2ccc(O)c3c2C[C@@H]2C[C@@H]4[C@@H](N(C)C)C(=O)C(C(N)=O)=C(O)[C@]4(O)C(=O)C2=C3O)cc1. The van der Waals surface area contributed by atoms with Gasteiger partial charge in [-0.25, -0.2) is 0 Å². The predicted molar refractivity (Wildman–Crippen MR) is 139 cm³/mol. The van der Waals surface area contributed by atoms with Crippen LogP contribution in [-0.2, 0) is 27.2 Å². The van der Waals surface area contributed by atoms with Gasteiger partial charge in [0.15, 0.2) is 11.4 Å². The fraction of sp³-hybridized carbons (Fsp3) is 0.345. The third-order valence-electron chi connectivity index (χ3n) is 8.28. The monoisotopic (exact) mass is 518 g/mol. The molecule has 3 aliphatic carbocycles. The van der Waals surface area contributed by atoms with E-state index in [0.29, 0.717) is 5.56 Å². The first-order chi connectivity index (χ1) is 17.9. The Balaban J connectivity index is 1.72. The smallest absolute Gasteiger partial charge is 0.255 e. The molecule has 1 amide bonds. The summed E-state index contributed by atoms with van der Waals surface area (Å²) in [5, 5.41) is 44.7. The maximum absolute atomic E-state index is 13.9. The normalized spacial score (nSPS) is 26.8. The largest absolute Gasteiger partial charge is 0.508 e. The number of Topliss-reactive ketones (excluding diaryl/α,β-unsaturated/α-hetero) is 2. The molecule has 6 N–H and O–H groups in total. The third kappa shape index (κ3) is 3.42. The van der Waals surface area contributed by atoms with E-state index >= 15 is 0 Å². The van der Waals surface area contributed by atoms with E-state index in [2.05, 4.69) is 6.92 Å². The number of aryl methyl sites for hydroxylation is 1. The molecule has 0 radical (unpaired) electrons. The summed E-state index contributed by atoms with van der Waals surface area (Å²) < 4.78 is 0. The Morgan fingerprint density at radius 2 is 1.74 bits per heavy atom. The molecule has 3 aliphatic rings. The van der Waals surface area contributed by atoms with Gasteiger partial charge < -0.3 is 26.2 Å². The van der Waals surface area contributed by atoms with Crippen molar-refractivity contribution in [3.05, 3.63) is 70.0 Å². The number of ketones is 2. The first-order valence-corrected chi connectivity index (χ1v) is 12.5. The van der Waals surface area contributed by atoms with E-state index in [-0.39, 0.29) is 29.7 Å². The van der Waals surface area contributed by atoms with Crippen molar-refractivity contribution in [2.45, 2.75) is 37.8 Å². The van der Waals surface area contributed by atoms with Crippen LogP contribution < -0.4 is 5.73 Å². The highest BCUT2D eigenvalue weighted by Crippen LogP contribution is 2.53. The van der Waals surface area contributed by atoms with Gasteiger partial charge in [0, 0.05) is 11.5 Å². The second-order valence-corrected chi connectivity index (χ2v) is 10.5. The summed E-state index contributed by atoms with van der Waals surface area (Å²) in [6.45, 7) is 2.05. The van der Waals surface area contributed by atoms with E-state index in [1.807, 2.05) is 24.3 Å². The molecule has 0 saturated heterocycles. The lowest BCUT2D eigenvalue weighted by molar-refractivity contribution is -0.153. The standard InChI is InChI=1S/C29H30N2O7/c1-4-13-5-7-14(8-6-13)16-9-10-19(32)21-17(16)11-15-12-18-23(31(2)3)25(34)22(28(30)37)27(36)29(18,38)26(35)20(15)24(21)33/h5-10,15,18,23,32-33,36,38H,4,11-12H2,1-3H3,(H2,30,37)/t15-,18-,23-,29-/m1/s1. The number of amides is 1. The van der Waals surface area contributed by atoms with Crippen LogP contribution in [0, 0.1) is 11.8 Å². The average molecular weight is 519 g/mol. The minimum absolute atomic E-state index is 0.0512. The van der Waals surface area contributed by atoms with Crippen LogP contribution in [0.25, 0.3) is 16.9 Å². The molecule has 2 aromatic carbocycles. The van der Waals surface area contributed by atoms with Crippen LogP contribution in [0.2, 0.25) is 0 Å². The van der Waals surface area contributed by atoms with E-state index in [9.17, 15) is 34.8 Å². The lowest BCUT2D eigenvalue weighted by atomic mass is 9.57.